The number of aromatic hydroxyl groups is 1. The van der Waals surface area contributed by atoms with Crippen LogP contribution in [0.4, 0.5) is 0 Å². The molecule has 0 saturated carbocycles. The molecule has 2 aromatic carbocycles. The summed E-state index contributed by atoms with van der Waals surface area (Å²) in [5, 5.41) is 20.4. The van der Waals surface area contributed by atoms with Crippen LogP contribution in [0.2, 0.25) is 0 Å². The molecule has 35 heavy (non-hydrogen) atoms. The van der Waals surface area contributed by atoms with Crippen molar-refractivity contribution in [2.75, 3.05) is 0 Å². The zero-order valence-electron chi connectivity index (χ0n) is 20.2. The molecule has 2 N–H and O–H groups in total. The maximum Gasteiger partial charge on any atom is 0.333 e. The minimum atomic E-state index is -0.875. The highest BCUT2D eigenvalue weighted by atomic mass is 16.6. The van der Waals surface area contributed by atoms with Crippen LogP contribution >= 0.6 is 0 Å². The number of carbonyl (C=O) groups excluding carboxylic acids is 1. The van der Waals surface area contributed by atoms with Gasteiger partial charge in [0.15, 0.2) is 5.43 Å². The first kappa shape index (κ1) is 24.5. The van der Waals surface area contributed by atoms with E-state index >= 15 is 0 Å². The number of ether oxygens (including phenoxy) is 2. The lowest BCUT2D eigenvalue weighted by Gasteiger charge is -2.42. The first-order valence-corrected chi connectivity index (χ1v) is 11.7. The fraction of sp³-hybridized carbons (Fsp3) is 0.357. The van der Waals surface area contributed by atoms with Gasteiger partial charge in [0.2, 0.25) is 0 Å². The van der Waals surface area contributed by atoms with Crippen molar-refractivity contribution in [3.8, 4) is 11.5 Å². The van der Waals surface area contributed by atoms with E-state index in [1.54, 1.807) is 26.0 Å². The van der Waals surface area contributed by atoms with Crippen molar-refractivity contribution in [2.24, 2.45) is 0 Å². The van der Waals surface area contributed by atoms with Gasteiger partial charge in [0.25, 0.3) is 0 Å². The van der Waals surface area contributed by atoms with Crippen LogP contribution in [0.15, 0.2) is 63.3 Å². The van der Waals surface area contributed by atoms with Crippen molar-refractivity contribution in [1.82, 2.24) is 0 Å². The maximum absolute atomic E-state index is 12.7. The van der Waals surface area contributed by atoms with Crippen molar-refractivity contribution in [3.63, 3.8) is 0 Å². The number of benzene rings is 2. The highest BCUT2D eigenvalue weighted by molar-refractivity contribution is 5.88. The van der Waals surface area contributed by atoms with Crippen LogP contribution in [0.1, 0.15) is 50.5 Å². The van der Waals surface area contributed by atoms with E-state index in [9.17, 15) is 19.8 Å². The van der Waals surface area contributed by atoms with Crippen molar-refractivity contribution in [2.45, 2.75) is 64.8 Å². The van der Waals surface area contributed by atoms with Gasteiger partial charge in [0.1, 0.15) is 46.5 Å². The number of fused-ring (bicyclic) bond motifs is 2. The van der Waals surface area contributed by atoms with Crippen molar-refractivity contribution < 1.29 is 28.9 Å². The van der Waals surface area contributed by atoms with Crippen LogP contribution in [-0.2, 0) is 29.0 Å². The van der Waals surface area contributed by atoms with Gasteiger partial charge in [-0.05, 0) is 45.6 Å². The Balaban J connectivity index is 1.71. The summed E-state index contributed by atoms with van der Waals surface area (Å²) in [5.41, 5.74) is 0.850. The van der Waals surface area contributed by atoms with Gasteiger partial charge in [-0.25, -0.2) is 4.79 Å². The molecule has 0 spiro atoms. The molecular formula is C28H30O7. The van der Waals surface area contributed by atoms with E-state index in [0.717, 1.165) is 18.9 Å². The molecule has 3 aromatic rings. The Hall–Kier alpha value is -3.58. The van der Waals surface area contributed by atoms with E-state index in [4.69, 9.17) is 13.9 Å². The predicted octanol–water partition coefficient (Wildman–Crippen LogP) is 4.59. The second kappa shape index (κ2) is 9.96. The summed E-state index contributed by atoms with van der Waals surface area (Å²) < 4.78 is 17.9. The quantitative estimate of drug-likeness (QED) is 0.378. The molecule has 1 aromatic heterocycles. The summed E-state index contributed by atoms with van der Waals surface area (Å²) in [6.45, 7) is 4.90. The summed E-state index contributed by atoms with van der Waals surface area (Å²) in [6, 6.07) is 12.8. The number of hydrogen-bond acceptors (Lipinski definition) is 7. The number of allylic oxidation sites excluding steroid dienone is 1. The highest BCUT2D eigenvalue weighted by Crippen LogP contribution is 2.44. The van der Waals surface area contributed by atoms with Gasteiger partial charge < -0.3 is 24.1 Å². The van der Waals surface area contributed by atoms with Gasteiger partial charge in [-0.15, -0.1) is 0 Å². The molecule has 0 radical (unpaired) electrons. The van der Waals surface area contributed by atoms with Crippen LogP contribution in [-0.4, -0.2) is 27.9 Å². The fourth-order valence-electron chi connectivity index (χ4n) is 4.46. The number of aryl methyl sites for hydroxylation is 1. The maximum atomic E-state index is 12.7. The molecule has 0 aliphatic carbocycles. The number of hydrogen-bond donors (Lipinski definition) is 2. The van der Waals surface area contributed by atoms with Gasteiger partial charge in [0, 0.05) is 29.7 Å². The van der Waals surface area contributed by atoms with Gasteiger partial charge in [-0.1, -0.05) is 36.4 Å². The van der Waals surface area contributed by atoms with Crippen molar-refractivity contribution in [3.05, 3.63) is 81.2 Å². The zero-order valence-corrected chi connectivity index (χ0v) is 20.2. The van der Waals surface area contributed by atoms with E-state index in [1.807, 2.05) is 25.1 Å². The molecule has 1 aliphatic rings. The number of carbonyl (C=O) groups is 1. The van der Waals surface area contributed by atoms with Crippen molar-refractivity contribution in [1.29, 1.82) is 0 Å². The highest BCUT2D eigenvalue weighted by Gasteiger charge is 2.44. The molecular weight excluding hydrogens is 448 g/mol. The van der Waals surface area contributed by atoms with Crippen LogP contribution in [0.25, 0.3) is 11.0 Å². The summed E-state index contributed by atoms with van der Waals surface area (Å²) in [7, 11) is 0. The number of aliphatic hydroxyl groups excluding tert-OH is 1. The molecule has 7 heteroatoms. The number of phenols is 1. The van der Waals surface area contributed by atoms with Gasteiger partial charge in [-0.2, -0.15) is 0 Å². The summed E-state index contributed by atoms with van der Waals surface area (Å²) >= 11 is 0. The average Bonchev–Trinajstić information content (AvgIpc) is 2.84. The van der Waals surface area contributed by atoms with Crippen LogP contribution in [0.5, 0.6) is 11.5 Å². The van der Waals surface area contributed by atoms with E-state index in [0.29, 0.717) is 23.3 Å². The van der Waals surface area contributed by atoms with Crippen LogP contribution in [0, 0.1) is 0 Å². The predicted molar refractivity (Wildman–Crippen MR) is 131 cm³/mol. The smallest absolute Gasteiger partial charge is 0.333 e. The standard InChI is InChI=1S/C28H30O7/c1-4-17(2)27(32)34-24-14-20-22(15-23-25(26(20)31)21(30)13-19(16-29)33-23)35-28(24,3)12-8-11-18-9-6-5-7-10-18/h4-7,9-10,13,15,24,29,31H,8,11-12,14,16H2,1-3H3/t24-,28-/m0/s1. The minimum absolute atomic E-state index is 0.00643. The molecule has 0 fully saturated rings. The first-order chi connectivity index (χ1) is 16.8. The van der Waals surface area contributed by atoms with E-state index < -0.39 is 29.7 Å². The molecule has 0 bridgehead atoms. The Morgan fingerprint density at radius 1 is 1.26 bits per heavy atom. The fourth-order valence-corrected chi connectivity index (χ4v) is 4.46. The SMILES string of the molecule is CC=C(C)C(=O)O[C@H]1Cc2c(cc3oc(CO)cc(=O)c3c2O)O[C@@]1(C)CCCc1ccccc1. The lowest BCUT2D eigenvalue weighted by atomic mass is 9.84. The van der Waals surface area contributed by atoms with Gasteiger partial charge in [-0.3, -0.25) is 4.79 Å². The van der Waals surface area contributed by atoms with Crippen LogP contribution < -0.4 is 10.2 Å². The molecule has 7 nitrogen and oxygen atoms in total. The number of rotatable bonds is 7. The van der Waals surface area contributed by atoms with E-state index in [2.05, 4.69) is 12.1 Å². The number of aliphatic hydroxyl groups is 1. The third-order valence-corrected chi connectivity index (χ3v) is 6.66. The largest absolute Gasteiger partial charge is 0.507 e. The second-order valence-corrected chi connectivity index (χ2v) is 9.13. The van der Waals surface area contributed by atoms with E-state index in [-0.39, 0.29) is 28.9 Å². The summed E-state index contributed by atoms with van der Waals surface area (Å²) in [4.78, 5) is 25.3. The molecule has 4 rings (SSSR count). The number of esters is 1. The molecule has 0 amide bonds. The third-order valence-electron chi connectivity index (χ3n) is 6.66. The molecule has 0 unspecified atom stereocenters. The van der Waals surface area contributed by atoms with Gasteiger partial charge in [0.05, 0.1) is 0 Å². The van der Waals surface area contributed by atoms with Crippen LogP contribution in [0.3, 0.4) is 0 Å². The Morgan fingerprint density at radius 2 is 2.00 bits per heavy atom. The van der Waals surface area contributed by atoms with E-state index in [1.165, 1.54) is 5.56 Å². The van der Waals surface area contributed by atoms with Gasteiger partial charge >= 0.3 is 5.97 Å². The Kier molecular flexibility index (Phi) is 6.98. The monoisotopic (exact) mass is 478 g/mol. The molecule has 2 atom stereocenters. The topological polar surface area (TPSA) is 106 Å². The summed E-state index contributed by atoms with van der Waals surface area (Å²) in [6.07, 6.45) is 3.40. The molecule has 184 valence electrons. The molecule has 2 heterocycles. The Bertz CT molecular complexity index is 1320. The Labute approximate surface area is 203 Å². The lowest BCUT2D eigenvalue weighted by molar-refractivity contribution is -0.159. The normalized spacial score (nSPS) is 19.8. The third kappa shape index (κ3) is 4.95. The summed E-state index contributed by atoms with van der Waals surface area (Å²) in [5.74, 6) is -0.250. The molecule has 0 saturated heterocycles. The van der Waals surface area contributed by atoms with Crippen molar-refractivity contribution >= 4 is 16.9 Å². The first-order valence-electron chi connectivity index (χ1n) is 11.7. The zero-order chi connectivity index (χ0) is 25.2. The number of phenolic OH excluding ortho intramolecular Hbond substituents is 1. The minimum Gasteiger partial charge on any atom is -0.507 e. The average molecular weight is 479 g/mol. The second-order valence-electron chi connectivity index (χ2n) is 9.13. The molecule has 1 aliphatic heterocycles. The lowest BCUT2D eigenvalue weighted by Crippen LogP contribution is -2.51. The Morgan fingerprint density at radius 3 is 2.69 bits per heavy atom.